The minimum atomic E-state index is 0. The van der Waals surface area contributed by atoms with Crippen LogP contribution >= 0.6 is 36.4 Å². The first kappa shape index (κ1) is 20.8. The van der Waals surface area contributed by atoms with Crippen LogP contribution in [-0.2, 0) is 0 Å². The maximum absolute atomic E-state index is 6.50. The van der Waals surface area contributed by atoms with Gasteiger partial charge in [-0.2, -0.15) is 0 Å². The van der Waals surface area contributed by atoms with Gasteiger partial charge < -0.3 is 10.2 Å². The molecular weight excluding hydrogens is 329 g/mol. The summed E-state index contributed by atoms with van der Waals surface area (Å²) in [6.07, 6.45) is 1.10. The number of anilines is 1. The third-order valence-corrected chi connectivity index (χ3v) is 4.17. The van der Waals surface area contributed by atoms with E-state index in [4.69, 9.17) is 11.6 Å². The number of nitrogens with zero attached hydrogens (tertiary/aromatic N) is 2. The summed E-state index contributed by atoms with van der Waals surface area (Å²) in [5, 5.41) is 4.29. The zero-order valence-electron chi connectivity index (χ0n) is 12.9. The highest BCUT2D eigenvalue weighted by Gasteiger charge is 2.22. The van der Waals surface area contributed by atoms with E-state index in [1.54, 1.807) is 0 Å². The molecule has 2 rings (SSSR count). The van der Waals surface area contributed by atoms with Crippen molar-refractivity contribution in [3.63, 3.8) is 0 Å². The van der Waals surface area contributed by atoms with Crippen LogP contribution in [0.2, 0.25) is 5.02 Å². The summed E-state index contributed by atoms with van der Waals surface area (Å²) in [5.74, 6) is 0. The monoisotopic (exact) mass is 353 g/mol. The van der Waals surface area contributed by atoms with E-state index in [0.29, 0.717) is 6.04 Å². The standard InChI is InChI=1S/C15H24ClN3.2ClH/c1-4-15(19-9-7-17-8-10-19)13-6-5-12(18(2)3)11-14(13)16;;/h5-6,11,15,17H,4,7-10H2,1-3H3;2*1H/t15-;;/m1../s1. The molecule has 0 unspecified atom stereocenters. The molecule has 3 nitrogen and oxygen atoms in total. The summed E-state index contributed by atoms with van der Waals surface area (Å²) in [6.45, 7) is 6.59. The molecule has 1 heterocycles. The van der Waals surface area contributed by atoms with Crippen LogP contribution in [0.25, 0.3) is 0 Å². The Morgan fingerprint density at radius 3 is 2.33 bits per heavy atom. The number of rotatable bonds is 4. The Labute approximate surface area is 145 Å². The maximum atomic E-state index is 6.50. The van der Waals surface area contributed by atoms with Crippen LogP contribution in [0, 0.1) is 0 Å². The predicted octanol–water partition coefficient (Wildman–Crippen LogP) is 3.61. The Kier molecular flexibility index (Phi) is 9.66. The Morgan fingerprint density at radius 1 is 1.24 bits per heavy atom. The van der Waals surface area contributed by atoms with Gasteiger partial charge in [0.25, 0.3) is 0 Å². The lowest BCUT2D eigenvalue weighted by molar-refractivity contribution is 0.169. The molecule has 1 aromatic carbocycles. The molecule has 1 aromatic rings. The second-order valence-corrected chi connectivity index (χ2v) is 5.72. The van der Waals surface area contributed by atoms with E-state index < -0.39 is 0 Å². The molecule has 6 heteroatoms. The quantitative estimate of drug-likeness (QED) is 0.891. The second kappa shape index (κ2) is 9.75. The van der Waals surface area contributed by atoms with Gasteiger partial charge >= 0.3 is 0 Å². The van der Waals surface area contributed by atoms with E-state index in [9.17, 15) is 0 Å². The predicted molar refractivity (Wildman–Crippen MR) is 97.7 cm³/mol. The van der Waals surface area contributed by atoms with Crippen molar-refractivity contribution in [1.29, 1.82) is 0 Å². The minimum absolute atomic E-state index is 0. The van der Waals surface area contributed by atoms with Gasteiger partial charge in [0.05, 0.1) is 0 Å². The average Bonchev–Trinajstić information content (AvgIpc) is 2.42. The van der Waals surface area contributed by atoms with Gasteiger partial charge in [0.2, 0.25) is 0 Å². The zero-order chi connectivity index (χ0) is 13.8. The van der Waals surface area contributed by atoms with E-state index in [-0.39, 0.29) is 24.8 Å². The van der Waals surface area contributed by atoms with Gasteiger partial charge in [0.1, 0.15) is 0 Å². The maximum Gasteiger partial charge on any atom is 0.0474 e. The van der Waals surface area contributed by atoms with Crippen molar-refractivity contribution in [1.82, 2.24) is 10.2 Å². The smallest absolute Gasteiger partial charge is 0.0474 e. The van der Waals surface area contributed by atoms with Crippen molar-refractivity contribution in [2.45, 2.75) is 19.4 Å². The van der Waals surface area contributed by atoms with Crippen molar-refractivity contribution in [3.05, 3.63) is 28.8 Å². The van der Waals surface area contributed by atoms with Crippen molar-refractivity contribution in [2.24, 2.45) is 0 Å². The van der Waals surface area contributed by atoms with E-state index >= 15 is 0 Å². The summed E-state index contributed by atoms with van der Waals surface area (Å²) >= 11 is 6.50. The Hall–Kier alpha value is -0.190. The summed E-state index contributed by atoms with van der Waals surface area (Å²) in [4.78, 5) is 4.62. The molecule has 1 aliphatic heterocycles. The lowest BCUT2D eigenvalue weighted by Crippen LogP contribution is -2.45. The molecule has 1 aliphatic rings. The van der Waals surface area contributed by atoms with Crippen LogP contribution in [0.5, 0.6) is 0 Å². The number of hydrogen-bond acceptors (Lipinski definition) is 3. The first-order valence-electron chi connectivity index (χ1n) is 7.05. The molecule has 0 amide bonds. The lowest BCUT2D eigenvalue weighted by Gasteiger charge is -2.35. The van der Waals surface area contributed by atoms with E-state index in [2.05, 4.69) is 40.2 Å². The molecule has 0 bridgehead atoms. The van der Waals surface area contributed by atoms with Crippen molar-refractivity contribution in [2.75, 3.05) is 45.2 Å². The summed E-state index contributed by atoms with van der Waals surface area (Å²) in [7, 11) is 4.08. The number of hydrogen-bond donors (Lipinski definition) is 1. The Morgan fingerprint density at radius 2 is 1.86 bits per heavy atom. The lowest BCUT2D eigenvalue weighted by atomic mass is 10.0. The van der Waals surface area contributed by atoms with Crippen LogP contribution in [-0.4, -0.2) is 45.2 Å². The highest BCUT2D eigenvalue weighted by molar-refractivity contribution is 6.31. The highest BCUT2D eigenvalue weighted by Crippen LogP contribution is 2.32. The number of piperazine rings is 1. The summed E-state index contributed by atoms with van der Waals surface area (Å²) < 4.78 is 0. The molecule has 21 heavy (non-hydrogen) atoms. The molecule has 0 saturated carbocycles. The van der Waals surface area contributed by atoms with Crippen LogP contribution in [0.1, 0.15) is 24.9 Å². The average molecular weight is 355 g/mol. The fourth-order valence-electron chi connectivity index (χ4n) is 2.73. The molecule has 1 saturated heterocycles. The van der Waals surface area contributed by atoms with Gasteiger partial charge in [0.15, 0.2) is 0 Å². The topological polar surface area (TPSA) is 18.5 Å². The minimum Gasteiger partial charge on any atom is -0.378 e. The first-order chi connectivity index (χ1) is 9.13. The number of halogens is 3. The van der Waals surface area contributed by atoms with E-state index in [0.717, 1.165) is 43.3 Å². The van der Waals surface area contributed by atoms with Crippen molar-refractivity contribution < 1.29 is 0 Å². The number of nitrogens with one attached hydrogen (secondary N) is 1. The Balaban J connectivity index is 0.00000200. The first-order valence-corrected chi connectivity index (χ1v) is 7.42. The van der Waals surface area contributed by atoms with Gasteiger partial charge in [-0.15, -0.1) is 24.8 Å². The molecule has 0 radical (unpaired) electrons. The molecule has 122 valence electrons. The third-order valence-electron chi connectivity index (χ3n) is 3.84. The van der Waals surface area contributed by atoms with Crippen LogP contribution in [0.15, 0.2) is 18.2 Å². The highest BCUT2D eigenvalue weighted by atomic mass is 35.5. The van der Waals surface area contributed by atoms with E-state index in [1.165, 1.54) is 5.56 Å². The molecular formula is C15H26Cl3N3. The summed E-state index contributed by atoms with van der Waals surface area (Å²) in [5.41, 5.74) is 2.42. The molecule has 1 N–H and O–H groups in total. The van der Waals surface area contributed by atoms with Crippen molar-refractivity contribution >= 4 is 42.1 Å². The molecule has 0 aromatic heterocycles. The largest absolute Gasteiger partial charge is 0.378 e. The number of benzene rings is 1. The normalized spacial score (nSPS) is 16.6. The van der Waals surface area contributed by atoms with Gasteiger partial charge in [0, 0.05) is 57.0 Å². The van der Waals surface area contributed by atoms with Gasteiger partial charge in [-0.1, -0.05) is 24.6 Å². The molecule has 1 atom stereocenters. The Bertz CT molecular complexity index is 421. The van der Waals surface area contributed by atoms with Gasteiger partial charge in [-0.25, -0.2) is 0 Å². The molecule has 0 spiro atoms. The van der Waals surface area contributed by atoms with Crippen LogP contribution in [0.4, 0.5) is 5.69 Å². The SMILES string of the molecule is CC[C@H](c1ccc(N(C)C)cc1Cl)N1CCNCC1.Cl.Cl. The van der Waals surface area contributed by atoms with Crippen molar-refractivity contribution in [3.8, 4) is 0 Å². The third kappa shape index (κ3) is 5.19. The molecule has 1 fully saturated rings. The van der Waals surface area contributed by atoms with E-state index in [1.807, 2.05) is 14.1 Å². The zero-order valence-corrected chi connectivity index (χ0v) is 15.3. The summed E-state index contributed by atoms with van der Waals surface area (Å²) in [6, 6.07) is 6.85. The van der Waals surface area contributed by atoms with Gasteiger partial charge in [-0.05, 0) is 24.1 Å². The fourth-order valence-corrected chi connectivity index (χ4v) is 3.03. The van der Waals surface area contributed by atoms with Gasteiger partial charge in [-0.3, -0.25) is 4.90 Å². The second-order valence-electron chi connectivity index (χ2n) is 5.31. The van der Waals surface area contributed by atoms with Crippen LogP contribution < -0.4 is 10.2 Å². The van der Waals surface area contributed by atoms with Crippen LogP contribution in [0.3, 0.4) is 0 Å². The molecule has 0 aliphatic carbocycles. The fraction of sp³-hybridized carbons (Fsp3) is 0.600.